The fourth-order valence-electron chi connectivity index (χ4n) is 2.75. The molecule has 0 radical (unpaired) electrons. The highest BCUT2D eigenvalue weighted by Gasteiger charge is 2.36. The van der Waals surface area contributed by atoms with Gasteiger partial charge in [-0.05, 0) is 25.2 Å². The Labute approximate surface area is 91.7 Å². The molecule has 0 bridgehead atoms. The molecule has 2 rings (SSSR count). The molecule has 0 saturated heterocycles. The van der Waals surface area contributed by atoms with E-state index in [1.54, 1.807) is 0 Å². The van der Waals surface area contributed by atoms with Crippen LogP contribution in [0.4, 0.5) is 0 Å². The second kappa shape index (κ2) is 3.63. The molecule has 0 amide bonds. The van der Waals surface area contributed by atoms with Crippen LogP contribution in [0, 0.1) is 5.41 Å². The summed E-state index contributed by atoms with van der Waals surface area (Å²) >= 11 is 0. The summed E-state index contributed by atoms with van der Waals surface area (Å²) in [6, 6.07) is 0.643. The first-order chi connectivity index (χ1) is 7.02. The zero-order chi connectivity index (χ0) is 11.1. The predicted octanol–water partition coefficient (Wildman–Crippen LogP) is 2.65. The van der Waals surface area contributed by atoms with Gasteiger partial charge in [0.05, 0.1) is 12.0 Å². The van der Waals surface area contributed by atoms with Crippen LogP contribution in [0.2, 0.25) is 0 Å². The number of hydrogen-bond acceptors (Lipinski definition) is 2. The molecule has 3 heteroatoms. The molecule has 1 aliphatic rings. The molecule has 0 spiro atoms. The smallest absolute Gasteiger partial charge is 0.0951 e. The van der Waals surface area contributed by atoms with E-state index in [9.17, 15) is 0 Å². The van der Waals surface area contributed by atoms with Crippen molar-refractivity contribution in [2.75, 3.05) is 0 Å². The quantitative estimate of drug-likeness (QED) is 0.810. The Kier molecular flexibility index (Phi) is 2.59. The number of rotatable bonds is 2. The van der Waals surface area contributed by atoms with Gasteiger partial charge in [0.2, 0.25) is 0 Å². The highest BCUT2D eigenvalue weighted by Crippen LogP contribution is 2.46. The van der Waals surface area contributed by atoms with Crippen LogP contribution in [0.15, 0.2) is 12.5 Å². The highest BCUT2D eigenvalue weighted by atomic mass is 15.1. The standard InChI is InChI=1S/C12H21N3/c1-9(13)10-7-14-8-15(10)11-5-4-6-12(11,2)3/h7-9,11H,4-6,13H2,1-3H3/t9-,11?/m0/s1. The van der Waals surface area contributed by atoms with E-state index in [4.69, 9.17) is 5.73 Å². The van der Waals surface area contributed by atoms with Gasteiger partial charge in [-0.1, -0.05) is 20.3 Å². The summed E-state index contributed by atoms with van der Waals surface area (Å²) in [7, 11) is 0. The maximum Gasteiger partial charge on any atom is 0.0951 e. The fraction of sp³-hybridized carbons (Fsp3) is 0.750. The molecule has 1 fully saturated rings. The van der Waals surface area contributed by atoms with E-state index in [0.717, 1.165) is 5.69 Å². The SMILES string of the molecule is C[C@H](N)c1cncn1C1CCCC1(C)C. The molecule has 2 N–H and O–H groups in total. The largest absolute Gasteiger partial charge is 0.330 e. The lowest BCUT2D eigenvalue weighted by Crippen LogP contribution is -2.24. The number of nitrogens with zero attached hydrogens (tertiary/aromatic N) is 2. The Morgan fingerprint density at radius 2 is 2.33 bits per heavy atom. The first kappa shape index (κ1) is 10.7. The van der Waals surface area contributed by atoms with Crippen LogP contribution in [-0.2, 0) is 0 Å². The lowest BCUT2D eigenvalue weighted by atomic mass is 9.87. The minimum atomic E-state index is 0.0731. The van der Waals surface area contributed by atoms with Gasteiger partial charge in [-0.3, -0.25) is 0 Å². The van der Waals surface area contributed by atoms with Crippen molar-refractivity contribution in [2.24, 2.45) is 11.1 Å². The topological polar surface area (TPSA) is 43.8 Å². The molecule has 1 saturated carbocycles. The number of hydrogen-bond donors (Lipinski definition) is 1. The minimum absolute atomic E-state index is 0.0731. The number of aromatic nitrogens is 2. The lowest BCUT2D eigenvalue weighted by molar-refractivity contribution is 0.254. The maximum atomic E-state index is 5.95. The van der Waals surface area contributed by atoms with Gasteiger partial charge in [0, 0.05) is 18.3 Å². The van der Waals surface area contributed by atoms with Crippen LogP contribution in [0.5, 0.6) is 0 Å². The molecule has 0 aromatic carbocycles. The van der Waals surface area contributed by atoms with Crippen LogP contribution in [0.3, 0.4) is 0 Å². The van der Waals surface area contributed by atoms with E-state index in [1.165, 1.54) is 19.3 Å². The van der Waals surface area contributed by atoms with Crippen molar-refractivity contribution in [2.45, 2.75) is 52.1 Å². The summed E-state index contributed by atoms with van der Waals surface area (Å²) in [4.78, 5) is 4.24. The Balaban J connectivity index is 2.33. The summed E-state index contributed by atoms with van der Waals surface area (Å²) in [6.07, 6.45) is 7.71. The first-order valence-corrected chi connectivity index (χ1v) is 5.79. The molecule has 1 aliphatic carbocycles. The molecular weight excluding hydrogens is 186 g/mol. The van der Waals surface area contributed by atoms with Crippen LogP contribution in [0.25, 0.3) is 0 Å². The van der Waals surface area contributed by atoms with E-state index in [-0.39, 0.29) is 6.04 Å². The van der Waals surface area contributed by atoms with Gasteiger partial charge in [-0.15, -0.1) is 0 Å². The average molecular weight is 207 g/mol. The Bertz CT molecular complexity index is 338. The first-order valence-electron chi connectivity index (χ1n) is 5.79. The van der Waals surface area contributed by atoms with Crippen molar-refractivity contribution in [3.8, 4) is 0 Å². The lowest BCUT2D eigenvalue weighted by Gasteiger charge is -2.30. The van der Waals surface area contributed by atoms with Gasteiger partial charge in [-0.25, -0.2) is 4.98 Å². The van der Waals surface area contributed by atoms with Gasteiger partial charge in [0.25, 0.3) is 0 Å². The monoisotopic (exact) mass is 207 g/mol. The molecule has 84 valence electrons. The van der Waals surface area contributed by atoms with Crippen LogP contribution < -0.4 is 5.73 Å². The Morgan fingerprint density at radius 3 is 2.87 bits per heavy atom. The van der Waals surface area contributed by atoms with E-state index in [0.29, 0.717) is 11.5 Å². The zero-order valence-corrected chi connectivity index (χ0v) is 9.90. The third kappa shape index (κ3) is 1.81. The van der Waals surface area contributed by atoms with E-state index in [2.05, 4.69) is 23.4 Å². The van der Waals surface area contributed by atoms with Crippen LogP contribution >= 0.6 is 0 Å². The van der Waals surface area contributed by atoms with Gasteiger partial charge in [-0.2, -0.15) is 0 Å². The summed E-state index contributed by atoms with van der Waals surface area (Å²) < 4.78 is 2.29. The van der Waals surface area contributed by atoms with Gasteiger partial charge in [0.15, 0.2) is 0 Å². The van der Waals surface area contributed by atoms with Crippen molar-refractivity contribution < 1.29 is 0 Å². The predicted molar refractivity (Wildman–Crippen MR) is 61.5 cm³/mol. The number of imidazole rings is 1. The van der Waals surface area contributed by atoms with E-state index >= 15 is 0 Å². The van der Waals surface area contributed by atoms with Crippen molar-refractivity contribution in [1.29, 1.82) is 0 Å². The summed E-state index contributed by atoms with van der Waals surface area (Å²) in [5.74, 6) is 0. The Hall–Kier alpha value is -0.830. The second-order valence-electron chi connectivity index (χ2n) is 5.41. The molecule has 1 unspecified atom stereocenters. The zero-order valence-electron chi connectivity index (χ0n) is 9.90. The molecule has 1 aromatic rings. The Morgan fingerprint density at radius 1 is 1.60 bits per heavy atom. The van der Waals surface area contributed by atoms with Crippen LogP contribution in [0.1, 0.15) is 57.8 Å². The fourth-order valence-corrected chi connectivity index (χ4v) is 2.75. The average Bonchev–Trinajstić information content (AvgIpc) is 2.69. The van der Waals surface area contributed by atoms with Crippen molar-refractivity contribution in [3.63, 3.8) is 0 Å². The molecular formula is C12H21N3. The molecule has 1 heterocycles. The summed E-state index contributed by atoms with van der Waals surface area (Å²) in [5, 5.41) is 0. The highest BCUT2D eigenvalue weighted by molar-refractivity contribution is 5.07. The van der Waals surface area contributed by atoms with Crippen molar-refractivity contribution in [1.82, 2.24) is 9.55 Å². The van der Waals surface area contributed by atoms with Crippen molar-refractivity contribution in [3.05, 3.63) is 18.2 Å². The van der Waals surface area contributed by atoms with Crippen molar-refractivity contribution >= 4 is 0 Å². The maximum absolute atomic E-state index is 5.95. The normalized spacial score (nSPS) is 26.8. The summed E-state index contributed by atoms with van der Waals surface area (Å²) in [6.45, 7) is 6.71. The second-order valence-corrected chi connectivity index (χ2v) is 5.41. The number of nitrogens with two attached hydrogens (primary N) is 1. The van der Waals surface area contributed by atoms with Gasteiger partial charge >= 0.3 is 0 Å². The van der Waals surface area contributed by atoms with Gasteiger partial charge < -0.3 is 10.3 Å². The third-order valence-electron chi connectivity index (χ3n) is 3.70. The minimum Gasteiger partial charge on any atom is -0.330 e. The molecule has 0 aliphatic heterocycles. The van der Waals surface area contributed by atoms with E-state index < -0.39 is 0 Å². The molecule has 2 atom stereocenters. The third-order valence-corrected chi connectivity index (χ3v) is 3.70. The van der Waals surface area contributed by atoms with Gasteiger partial charge in [0.1, 0.15) is 0 Å². The van der Waals surface area contributed by atoms with E-state index in [1.807, 2.05) is 19.4 Å². The van der Waals surface area contributed by atoms with Crippen LogP contribution in [-0.4, -0.2) is 9.55 Å². The molecule has 3 nitrogen and oxygen atoms in total. The molecule has 1 aromatic heterocycles. The molecule has 15 heavy (non-hydrogen) atoms. The summed E-state index contributed by atoms with van der Waals surface area (Å²) in [5.41, 5.74) is 7.50.